The predicted molar refractivity (Wildman–Crippen MR) is 240 cm³/mol. The summed E-state index contributed by atoms with van der Waals surface area (Å²) in [5.74, 6) is 0.362. The molecule has 57 heavy (non-hydrogen) atoms. The van der Waals surface area contributed by atoms with Crippen molar-refractivity contribution in [3.8, 4) is 22.3 Å². The van der Waals surface area contributed by atoms with Gasteiger partial charge < -0.3 is 4.90 Å². The van der Waals surface area contributed by atoms with Crippen LogP contribution in [-0.2, 0) is 0 Å². The Morgan fingerprint density at radius 3 is 0.684 bits per heavy atom. The van der Waals surface area contributed by atoms with Gasteiger partial charge in [-0.3, -0.25) is 0 Å². The lowest BCUT2D eigenvalue weighted by Crippen LogP contribution is -2.09. The molecule has 0 fully saturated rings. The zero-order valence-corrected chi connectivity index (χ0v) is 31.8. The zero-order chi connectivity index (χ0) is 38.2. The molecule has 272 valence electrons. The highest BCUT2D eigenvalue weighted by Gasteiger charge is 2.19. The highest BCUT2D eigenvalue weighted by atomic mass is 15.1. The number of hydrogen-bond donors (Lipinski definition) is 0. The van der Waals surface area contributed by atoms with Crippen molar-refractivity contribution in [2.75, 3.05) is 4.90 Å². The van der Waals surface area contributed by atoms with Gasteiger partial charge in [0.1, 0.15) is 0 Å². The summed E-state index contributed by atoms with van der Waals surface area (Å²) in [7, 11) is 0. The average molecular weight is 730 g/mol. The van der Waals surface area contributed by atoms with E-state index < -0.39 is 0 Å². The van der Waals surface area contributed by atoms with Crippen molar-refractivity contribution in [2.45, 2.75) is 11.8 Å². The quantitative estimate of drug-likeness (QED) is 0.120. The van der Waals surface area contributed by atoms with Gasteiger partial charge in [0.25, 0.3) is 0 Å². The molecule has 0 aliphatic heterocycles. The van der Waals surface area contributed by atoms with Crippen LogP contribution < -0.4 is 4.90 Å². The van der Waals surface area contributed by atoms with Gasteiger partial charge in [0.15, 0.2) is 0 Å². The van der Waals surface area contributed by atoms with Crippen LogP contribution >= 0.6 is 0 Å². The molecule has 0 N–H and O–H groups in total. The maximum absolute atomic E-state index is 2.33. The second-order valence-corrected chi connectivity index (χ2v) is 14.5. The Labute approximate surface area is 336 Å². The molecule has 1 heteroatoms. The number of nitrogens with zero attached hydrogens (tertiary/aromatic N) is 1. The topological polar surface area (TPSA) is 3.24 Å². The first-order chi connectivity index (χ1) is 28.3. The second-order valence-electron chi connectivity index (χ2n) is 14.5. The summed E-state index contributed by atoms with van der Waals surface area (Å²) in [5, 5.41) is 0. The Morgan fingerprint density at radius 2 is 0.404 bits per heavy atom. The molecule has 0 saturated carbocycles. The van der Waals surface area contributed by atoms with Gasteiger partial charge >= 0.3 is 0 Å². The second kappa shape index (κ2) is 16.7. The predicted octanol–water partition coefficient (Wildman–Crippen LogP) is 14.9. The molecule has 1 nitrogen and oxygen atoms in total. The highest BCUT2D eigenvalue weighted by Crippen LogP contribution is 2.38. The minimum atomic E-state index is 0.181. The van der Waals surface area contributed by atoms with Gasteiger partial charge in [0.2, 0.25) is 0 Å². The van der Waals surface area contributed by atoms with Crippen molar-refractivity contribution >= 4 is 17.1 Å². The minimum absolute atomic E-state index is 0.181. The highest BCUT2D eigenvalue weighted by molar-refractivity contribution is 5.80. The molecule has 0 bridgehead atoms. The molecule has 9 aromatic rings. The van der Waals surface area contributed by atoms with E-state index in [1.807, 2.05) is 0 Å². The molecule has 0 amide bonds. The Bertz CT molecular complexity index is 2350. The summed E-state index contributed by atoms with van der Waals surface area (Å²) in [6, 6.07) is 89.8. The lowest BCUT2D eigenvalue weighted by Gasteiger charge is -2.26. The molecule has 0 atom stereocenters. The molecule has 0 unspecified atom stereocenters. The van der Waals surface area contributed by atoms with Gasteiger partial charge in [0.05, 0.1) is 0 Å². The smallest absolute Gasteiger partial charge is 0.0462 e. The van der Waals surface area contributed by atoms with Crippen LogP contribution in [0.4, 0.5) is 17.1 Å². The molecule has 0 radical (unpaired) electrons. The maximum Gasteiger partial charge on any atom is 0.0462 e. The van der Waals surface area contributed by atoms with Crippen molar-refractivity contribution in [3.05, 3.63) is 282 Å². The molecule has 0 aliphatic carbocycles. The van der Waals surface area contributed by atoms with Crippen LogP contribution in [0.5, 0.6) is 0 Å². The Kier molecular flexibility index (Phi) is 10.4. The first kappa shape index (κ1) is 35.5. The number of rotatable bonds is 11. The average Bonchev–Trinajstić information content (AvgIpc) is 3.30. The zero-order valence-electron chi connectivity index (χ0n) is 31.8. The third kappa shape index (κ3) is 7.83. The number of hydrogen-bond acceptors (Lipinski definition) is 1. The lowest BCUT2D eigenvalue weighted by molar-refractivity contribution is 0.978. The maximum atomic E-state index is 2.33. The lowest BCUT2D eigenvalue weighted by atomic mass is 9.84. The van der Waals surface area contributed by atoms with E-state index >= 15 is 0 Å². The van der Waals surface area contributed by atoms with Crippen LogP contribution in [0.1, 0.15) is 45.2 Å². The SMILES string of the molecule is c1ccc(C(c2ccccc2)c2ccc(-c3ccc(N(c4ccccc4)c4ccc(-c5ccc(C(c6ccccc6)c6ccccc6)cc5)cc4)cc3)cc2)cc1. The van der Waals surface area contributed by atoms with Crippen molar-refractivity contribution < 1.29 is 0 Å². The van der Waals surface area contributed by atoms with E-state index in [-0.39, 0.29) is 11.8 Å². The molecular weight excluding hydrogens is 687 g/mol. The molecule has 0 heterocycles. The molecule has 0 saturated heterocycles. The summed E-state index contributed by atoms with van der Waals surface area (Å²) in [4.78, 5) is 2.33. The van der Waals surface area contributed by atoms with E-state index in [0.717, 1.165) is 17.1 Å². The molecule has 9 aromatic carbocycles. The van der Waals surface area contributed by atoms with E-state index in [2.05, 4.69) is 254 Å². The number of benzene rings is 9. The number of anilines is 3. The van der Waals surface area contributed by atoms with Crippen LogP contribution in [0.25, 0.3) is 22.3 Å². The summed E-state index contributed by atoms with van der Waals surface area (Å²) >= 11 is 0. The van der Waals surface area contributed by atoms with Crippen LogP contribution in [0, 0.1) is 0 Å². The summed E-state index contributed by atoms with van der Waals surface area (Å²) in [6.45, 7) is 0. The fraction of sp³-hybridized carbons (Fsp3) is 0.0357. The van der Waals surface area contributed by atoms with Crippen molar-refractivity contribution in [1.29, 1.82) is 0 Å². The van der Waals surface area contributed by atoms with Gasteiger partial charge in [-0.2, -0.15) is 0 Å². The van der Waals surface area contributed by atoms with E-state index in [4.69, 9.17) is 0 Å². The Hall–Kier alpha value is -7.22. The van der Waals surface area contributed by atoms with Gasteiger partial charge in [0, 0.05) is 28.9 Å². The monoisotopic (exact) mass is 729 g/mol. The van der Waals surface area contributed by atoms with Gasteiger partial charge in [-0.1, -0.05) is 212 Å². The van der Waals surface area contributed by atoms with E-state index in [9.17, 15) is 0 Å². The van der Waals surface area contributed by atoms with E-state index in [1.165, 1.54) is 55.6 Å². The largest absolute Gasteiger partial charge is 0.311 e. The normalized spacial score (nSPS) is 11.1. The van der Waals surface area contributed by atoms with Crippen LogP contribution in [0.2, 0.25) is 0 Å². The summed E-state index contributed by atoms with van der Waals surface area (Å²) in [5.41, 5.74) is 15.9. The van der Waals surface area contributed by atoms with Gasteiger partial charge in [-0.05, 0) is 92.0 Å². The van der Waals surface area contributed by atoms with E-state index in [0.29, 0.717) is 0 Å². The first-order valence-electron chi connectivity index (χ1n) is 19.7. The molecule has 0 spiro atoms. The minimum Gasteiger partial charge on any atom is -0.311 e. The molecular formula is C56H43N. The molecule has 0 aromatic heterocycles. The van der Waals surface area contributed by atoms with Crippen molar-refractivity contribution in [1.82, 2.24) is 0 Å². The van der Waals surface area contributed by atoms with E-state index in [1.54, 1.807) is 0 Å². The number of para-hydroxylation sites is 1. The Balaban J connectivity index is 0.971. The van der Waals surface area contributed by atoms with Crippen LogP contribution in [0.3, 0.4) is 0 Å². The standard InChI is InChI=1S/C56H43N/c1-6-16-46(17-7-1)55(47-18-8-2-9-19-47)50-30-26-42(27-31-50)44-34-38-53(39-35-44)57(52-24-14-5-15-25-52)54-40-36-45(37-41-54)43-28-32-51(33-29-43)56(48-20-10-3-11-21-48)49-22-12-4-13-23-49/h1-41,55-56H. The molecule has 9 rings (SSSR count). The molecule has 0 aliphatic rings. The summed E-state index contributed by atoms with van der Waals surface area (Å²) in [6.07, 6.45) is 0. The summed E-state index contributed by atoms with van der Waals surface area (Å²) < 4.78 is 0. The fourth-order valence-electron chi connectivity index (χ4n) is 8.10. The third-order valence-electron chi connectivity index (χ3n) is 11.0. The van der Waals surface area contributed by atoms with Crippen molar-refractivity contribution in [2.24, 2.45) is 0 Å². The van der Waals surface area contributed by atoms with Gasteiger partial charge in [-0.25, -0.2) is 0 Å². The van der Waals surface area contributed by atoms with Crippen molar-refractivity contribution in [3.63, 3.8) is 0 Å². The van der Waals surface area contributed by atoms with Crippen LogP contribution in [0.15, 0.2) is 249 Å². The Morgan fingerprint density at radius 1 is 0.193 bits per heavy atom. The van der Waals surface area contributed by atoms with Gasteiger partial charge in [-0.15, -0.1) is 0 Å². The first-order valence-corrected chi connectivity index (χ1v) is 19.7. The fourth-order valence-corrected chi connectivity index (χ4v) is 8.10. The van der Waals surface area contributed by atoms with Crippen LogP contribution in [-0.4, -0.2) is 0 Å². The third-order valence-corrected chi connectivity index (χ3v) is 11.0.